The lowest BCUT2D eigenvalue weighted by Crippen LogP contribution is -2.34. The Bertz CT molecular complexity index is 989. The Balaban J connectivity index is 2.09. The summed E-state index contributed by atoms with van der Waals surface area (Å²) < 4.78 is 2.88. The molecule has 0 bridgehead atoms. The smallest absolute Gasteiger partial charge is 0.275 e. The lowest BCUT2D eigenvalue weighted by atomic mass is 10.2. The molecule has 0 spiro atoms. The van der Waals surface area contributed by atoms with Crippen molar-refractivity contribution < 1.29 is 4.79 Å². The van der Waals surface area contributed by atoms with Crippen LogP contribution < -0.4 is 10.9 Å². The second kappa shape index (κ2) is 6.68. The number of nitrogens with one attached hydrogen (secondary N) is 1. The highest BCUT2D eigenvalue weighted by Crippen LogP contribution is 2.19. The summed E-state index contributed by atoms with van der Waals surface area (Å²) in [5.41, 5.74) is 1.09. The lowest BCUT2D eigenvalue weighted by molar-refractivity contribution is -0.122. The van der Waals surface area contributed by atoms with E-state index in [2.05, 4.69) is 15.4 Å². The third kappa shape index (κ3) is 3.56. The first kappa shape index (κ1) is 17.2. The summed E-state index contributed by atoms with van der Waals surface area (Å²) in [5, 5.41) is 7.72. The summed E-state index contributed by atoms with van der Waals surface area (Å²) in [6, 6.07) is 8.50. The maximum atomic E-state index is 12.2. The number of rotatable bonds is 4. The largest absolute Gasteiger partial charge is 0.352 e. The standard InChI is InChI=1S/C17H18ClN5O2/c1-10(2)19-14(24)9-22-11(3)8-15(25)23-17(22)20-16(21-23)12-4-6-13(18)7-5-12/h4-8,10H,9H2,1-3H3,(H,19,24). The molecular weight excluding hydrogens is 342 g/mol. The maximum Gasteiger partial charge on any atom is 0.275 e. The highest BCUT2D eigenvalue weighted by Gasteiger charge is 2.15. The molecule has 2 aromatic heterocycles. The van der Waals surface area contributed by atoms with Gasteiger partial charge in [-0.15, -0.1) is 5.10 Å². The Morgan fingerprint density at radius 3 is 2.60 bits per heavy atom. The molecule has 8 heteroatoms. The van der Waals surface area contributed by atoms with Gasteiger partial charge in [-0.2, -0.15) is 9.50 Å². The molecule has 2 heterocycles. The van der Waals surface area contributed by atoms with Crippen molar-refractivity contribution in [2.75, 3.05) is 0 Å². The molecule has 1 amide bonds. The van der Waals surface area contributed by atoms with E-state index in [0.717, 1.165) is 5.56 Å². The number of benzene rings is 1. The number of aromatic nitrogens is 4. The predicted molar refractivity (Wildman–Crippen MR) is 95.7 cm³/mol. The van der Waals surface area contributed by atoms with Crippen LogP contribution in [0.15, 0.2) is 35.1 Å². The highest BCUT2D eigenvalue weighted by molar-refractivity contribution is 6.30. The fourth-order valence-electron chi connectivity index (χ4n) is 2.53. The third-order valence-electron chi connectivity index (χ3n) is 3.65. The number of carbonyl (C=O) groups excluding carboxylic acids is 1. The minimum absolute atomic E-state index is 0.0331. The second-order valence-electron chi connectivity index (χ2n) is 6.09. The van der Waals surface area contributed by atoms with Crippen LogP contribution in [0.1, 0.15) is 19.5 Å². The molecule has 7 nitrogen and oxygen atoms in total. The highest BCUT2D eigenvalue weighted by atomic mass is 35.5. The van der Waals surface area contributed by atoms with E-state index in [1.165, 1.54) is 10.6 Å². The maximum absolute atomic E-state index is 12.2. The van der Waals surface area contributed by atoms with E-state index in [-0.39, 0.29) is 24.1 Å². The van der Waals surface area contributed by atoms with Crippen molar-refractivity contribution in [1.29, 1.82) is 0 Å². The monoisotopic (exact) mass is 359 g/mol. The molecule has 0 unspecified atom stereocenters. The number of carbonyl (C=O) groups is 1. The fraction of sp³-hybridized carbons (Fsp3) is 0.294. The normalized spacial score (nSPS) is 11.2. The quantitative estimate of drug-likeness (QED) is 0.773. The first-order valence-electron chi connectivity index (χ1n) is 7.87. The van der Waals surface area contributed by atoms with Crippen LogP contribution >= 0.6 is 11.6 Å². The van der Waals surface area contributed by atoms with Crippen molar-refractivity contribution in [3.8, 4) is 11.4 Å². The predicted octanol–water partition coefficient (Wildman–Crippen LogP) is 2.04. The topological polar surface area (TPSA) is 81.3 Å². The number of halogens is 1. The van der Waals surface area contributed by atoms with Crippen molar-refractivity contribution in [3.63, 3.8) is 0 Å². The summed E-state index contributed by atoms with van der Waals surface area (Å²) in [5.74, 6) is 0.575. The Hall–Kier alpha value is -2.67. The number of amides is 1. The van der Waals surface area contributed by atoms with Crippen LogP contribution in [0.4, 0.5) is 0 Å². The van der Waals surface area contributed by atoms with E-state index >= 15 is 0 Å². The molecule has 1 N–H and O–H groups in total. The fourth-order valence-corrected chi connectivity index (χ4v) is 2.66. The Morgan fingerprint density at radius 2 is 1.96 bits per heavy atom. The summed E-state index contributed by atoms with van der Waals surface area (Å²) in [6.45, 7) is 5.61. The molecule has 3 aromatic rings. The summed E-state index contributed by atoms with van der Waals surface area (Å²) >= 11 is 5.90. The van der Waals surface area contributed by atoms with Gasteiger partial charge in [-0.3, -0.25) is 9.59 Å². The molecule has 0 aliphatic heterocycles. The summed E-state index contributed by atoms with van der Waals surface area (Å²) in [4.78, 5) is 28.8. The van der Waals surface area contributed by atoms with Gasteiger partial charge >= 0.3 is 0 Å². The van der Waals surface area contributed by atoms with Gasteiger partial charge in [0.15, 0.2) is 5.82 Å². The van der Waals surface area contributed by atoms with E-state index < -0.39 is 0 Å². The molecule has 1 aromatic carbocycles. The average Bonchev–Trinajstić information content (AvgIpc) is 2.97. The zero-order valence-electron chi connectivity index (χ0n) is 14.2. The van der Waals surface area contributed by atoms with E-state index in [4.69, 9.17) is 11.6 Å². The Kier molecular flexibility index (Phi) is 4.59. The van der Waals surface area contributed by atoms with Gasteiger partial charge in [0.2, 0.25) is 11.7 Å². The molecule has 3 rings (SSSR count). The van der Waals surface area contributed by atoms with Crippen LogP contribution in [0, 0.1) is 6.92 Å². The minimum Gasteiger partial charge on any atom is -0.352 e. The first-order valence-corrected chi connectivity index (χ1v) is 8.25. The van der Waals surface area contributed by atoms with Gasteiger partial charge in [0.25, 0.3) is 5.56 Å². The molecule has 25 heavy (non-hydrogen) atoms. The van der Waals surface area contributed by atoms with Crippen molar-refractivity contribution in [2.24, 2.45) is 0 Å². The average molecular weight is 360 g/mol. The molecule has 0 aliphatic rings. The zero-order chi connectivity index (χ0) is 18.1. The summed E-state index contributed by atoms with van der Waals surface area (Å²) in [7, 11) is 0. The van der Waals surface area contributed by atoms with Gasteiger partial charge in [0.05, 0.1) is 0 Å². The third-order valence-corrected chi connectivity index (χ3v) is 3.90. The van der Waals surface area contributed by atoms with Crippen LogP contribution in [-0.4, -0.2) is 31.1 Å². The van der Waals surface area contributed by atoms with Gasteiger partial charge in [-0.1, -0.05) is 11.6 Å². The number of fused-ring (bicyclic) bond motifs is 1. The first-order chi connectivity index (χ1) is 11.8. The molecule has 0 fully saturated rings. The van der Waals surface area contributed by atoms with Crippen molar-refractivity contribution in [3.05, 3.63) is 51.4 Å². The van der Waals surface area contributed by atoms with E-state index in [1.807, 2.05) is 13.8 Å². The molecule has 0 atom stereocenters. The van der Waals surface area contributed by atoms with Crippen LogP contribution in [0.25, 0.3) is 17.2 Å². The molecular formula is C17H18ClN5O2. The molecule has 0 saturated heterocycles. The number of nitrogens with zero attached hydrogens (tertiary/aromatic N) is 4. The van der Waals surface area contributed by atoms with E-state index in [1.54, 1.807) is 35.8 Å². The molecule has 0 saturated carbocycles. The van der Waals surface area contributed by atoms with Crippen LogP contribution in [0.3, 0.4) is 0 Å². The SMILES string of the molecule is Cc1cc(=O)n2nc(-c3ccc(Cl)cc3)nc2n1CC(=O)NC(C)C. The number of aryl methyl sites for hydroxylation is 1. The Morgan fingerprint density at radius 1 is 1.28 bits per heavy atom. The van der Waals surface area contributed by atoms with Crippen LogP contribution in [0.5, 0.6) is 0 Å². The van der Waals surface area contributed by atoms with Crippen molar-refractivity contribution in [2.45, 2.75) is 33.4 Å². The second-order valence-corrected chi connectivity index (χ2v) is 6.52. The van der Waals surface area contributed by atoms with Gasteiger partial charge < -0.3 is 9.88 Å². The van der Waals surface area contributed by atoms with E-state index in [0.29, 0.717) is 22.3 Å². The Labute approximate surface area is 149 Å². The van der Waals surface area contributed by atoms with Gasteiger partial charge in [-0.25, -0.2) is 0 Å². The molecule has 0 aliphatic carbocycles. The number of hydrogen-bond donors (Lipinski definition) is 1. The van der Waals surface area contributed by atoms with Gasteiger partial charge in [-0.05, 0) is 45.0 Å². The zero-order valence-corrected chi connectivity index (χ0v) is 14.9. The van der Waals surface area contributed by atoms with Gasteiger partial charge in [0.1, 0.15) is 6.54 Å². The molecule has 0 radical (unpaired) electrons. The van der Waals surface area contributed by atoms with Crippen molar-refractivity contribution >= 4 is 23.3 Å². The summed E-state index contributed by atoms with van der Waals surface area (Å²) in [6.07, 6.45) is 0. The lowest BCUT2D eigenvalue weighted by Gasteiger charge is -2.13. The minimum atomic E-state index is -0.291. The van der Waals surface area contributed by atoms with Gasteiger partial charge in [0, 0.05) is 28.4 Å². The van der Waals surface area contributed by atoms with E-state index in [9.17, 15) is 9.59 Å². The molecule has 130 valence electrons. The van der Waals surface area contributed by atoms with Crippen molar-refractivity contribution in [1.82, 2.24) is 24.5 Å². The number of hydrogen-bond acceptors (Lipinski definition) is 4. The van der Waals surface area contributed by atoms with Crippen LogP contribution in [-0.2, 0) is 11.3 Å². The van der Waals surface area contributed by atoms with Crippen LogP contribution in [0.2, 0.25) is 5.02 Å².